The highest BCUT2D eigenvalue weighted by Crippen LogP contribution is 2.30. The zero-order valence-electron chi connectivity index (χ0n) is 14.7. The van der Waals surface area contributed by atoms with Crippen molar-refractivity contribution in [3.05, 3.63) is 52.8 Å². The molecule has 1 fully saturated rings. The Morgan fingerprint density at radius 2 is 2.11 bits per heavy atom. The summed E-state index contributed by atoms with van der Waals surface area (Å²) in [7, 11) is 0. The number of rotatable bonds is 3. The molecule has 2 heterocycles. The van der Waals surface area contributed by atoms with E-state index in [1.54, 1.807) is 24.0 Å². The van der Waals surface area contributed by atoms with Crippen molar-refractivity contribution in [2.75, 3.05) is 25.4 Å². The number of anilines is 1. The van der Waals surface area contributed by atoms with Gasteiger partial charge in [-0.15, -0.1) is 0 Å². The minimum Gasteiger partial charge on any atom is -0.374 e. The van der Waals surface area contributed by atoms with Crippen molar-refractivity contribution < 1.29 is 22.7 Å². The predicted molar refractivity (Wildman–Crippen MR) is 92.0 cm³/mol. The second kappa shape index (κ2) is 7.51. The first kappa shape index (κ1) is 19.1. The number of amides is 1. The molecule has 1 amide bonds. The first-order chi connectivity index (χ1) is 12.7. The highest BCUT2D eigenvalue weighted by molar-refractivity contribution is 5.92. The van der Waals surface area contributed by atoms with Crippen molar-refractivity contribution in [2.45, 2.75) is 25.6 Å². The van der Waals surface area contributed by atoms with E-state index in [2.05, 4.69) is 9.97 Å². The third-order valence-corrected chi connectivity index (χ3v) is 4.23. The van der Waals surface area contributed by atoms with Gasteiger partial charge in [-0.05, 0) is 24.6 Å². The Morgan fingerprint density at radius 3 is 2.81 bits per heavy atom. The van der Waals surface area contributed by atoms with Gasteiger partial charge in [0.25, 0.3) is 5.91 Å². The van der Waals surface area contributed by atoms with Crippen LogP contribution >= 0.6 is 0 Å². The van der Waals surface area contributed by atoms with Crippen LogP contribution in [0.4, 0.5) is 19.1 Å². The number of morpholine rings is 1. The lowest BCUT2D eigenvalue weighted by Crippen LogP contribution is -2.46. The number of aryl methyl sites for hydroxylation is 1. The Bertz CT molecular complexity index is 821. The number of alkyl halides is 3. The Kier molecular flexibility index (Phi) is 5.31. The molecular formula is C18H19F3N4O2. The van der Waals surface area contributed by atoms with E-state index in [0.29, 0.717) is 24.4 Å². The van der Waals surface area contributed by atoms with Crippen molar-refractivity contribution >= 4 is 11.9 Å². The maximum Gasteiger partial charge on any atom is 0.416 e. The lowest BCUT2D eigenvalue weighted by Gasteiger charge is -2.33. The Morgan fingerprint density at radius 1 is 1.33 bits per heavy atom. The van der Waals surface area contributed by atoms with Crippen LogP contribution in [0.1, 0.15) is 27.3 Å². The summed E-state index contributed by atoms with van der Waals surface area (Å²) in [6.45, 7) is 2.65. The summed E-state index contributed by atoms with van der Waals surface area (Å²) in [5.74, 6) is -0.281. The SMILES string of the molecule is Cc1cc(C(=O)N2CCO[C@@H](Cc3cccc(C(F)(F)F)c3)C2)nc(N)n1. The molecule has 1 aliphatic heterocycles. The molecule has 1 aliphatic rings. The summed E-state index contributed by atoms with van der Waals surface area (Å²) < 4.78 is 44.2. The van der Waals surface area contributed by atoms with Crippen LogP contribution in [0.5, 0.6) is 0 Å². The topological polar surface area (TPSA) is 81.3 Å². The molecule has 1 saturated heterocycles. The number of benzene rings is 1. The smallest absolute Gasteiger partial charge is 0.374 e. The van der Waals surface area contributed by atoms with Crippen LogP contribution in [0.15, 0.2) is 30.3 Å². The molecule has 2 aromatic rings. The number of hydrogen-bond acceptors (Lipinski definition) is 5. The summed E-state index contributed by atoms with van der Waals surface area (Å²) in [4.78, 5) is 22.1. The second-order valence-corrected chi connectivity index (χ2v) is 6.40. The standard InChI is InChI=1S/C18H19F3N4O2/c1-11-7-15(24-17(22)23-11)16(26)25-5-6-27-14(10-25)9-12-3-2-4-13(8-12)18(19,20)21/h2-4,7-8,14H,5-6,9-10H2,1H3,(H2,22,23,24)/t14-/m0/s1. The molecule has 1 aromatic carbocycles. The highest BCUT2D eigenvalue weighted by Gasteiger charge is 2.31. The van der Waals surface area contributed by atoms with Crippen LogP contribution in [0.2, 0.25) is 0 Å². The lowest BCUT2D eigenvalue weighted by molar-refractivity contribution is -0.137. The lowest BCUT2D eigenvalue weighted by atomic mass is 10.0. The van der Waals surface area contributed by atoms with Crippen molar-refractivity contribution in [2.24, 2.45) is 0 Å². The van der Waals surface area contributed by atoms with Gasteiger partial charge in [-0.1, -0.05) is 18.2 Å². The van der Waals surface area contributed by atoms with Gasteiger partial charge in [0.2, 0.25) is 5.95 Å². The van der Waals surface area contributed by atoms with E-state index in [9.17, 15) is 18.0 Å². The van der Waals surface area contributed by atoms with Gasteiger partial charge in [-0.25, -0.2) is 9.97 Å². The first-order valence-corrected chi connectivity index (χ1v) is 8.40. The third-order valence-electron chi connectivity index (χ3n) is 4.23. The predicted octanol–water partition coefficient (Wildman–Crippen LogP) is 2.47. The minimum atomic E-state index is -4.39. The first-order valence-electron chi connectivity index (χ1n) is 8.40. The number of halogens is 3. The number of nitrogen functional groups attached to an aromatic ring is 1. The quantitative estimate of drug-likeness (QED) is 0.885. The summed E-state index contributed by atoms with van der Waals surface area (Å²) >= 11 is 0. The van der Waals surface area contributed by atoms with Crippen LogP contribution in [-0.2, 0) is 17.3 Å². The molecule has 1 aromatic heterocycles. The fraction of sp³-hybridized carbons (Fsp3) is 0.389. The fourth-order valence-electron chi connectivity index (χ4n) is 3.03. The average Bonchev–Trinajstić information content (AvgIpc) is 2.60. The second-order valence-electron chi connectivity index (χ2n) is 6.40. The molecule has 0 aliphatic carbocycles. The van der Waals surface area contributed by atoms with E-state index in [0.717, 1.165) is 12.1 Å². The highest BCUT2D eigenvalue weighted by atomic mass is 19.4. The van der Waals surface area contributed by atoms with E-state index >= 15 is 0 Å². The number of ether oxygens (including phenoxy) is 1. The van der Waals surface area contributed by atoms with Crippen molar-refractivity contribution in [1.82, 2.24) is 14.9 Å². The minimum absolute atomic E-state index is 0.0205. The molecule has 0 unspecified atom stereocenters. The summed E-state index contributed by atoms with van der Waals surface area (Å²) in [6.07, 6.45) is -4.51. The fourth-order valence-corrected chi connectivity index (χ4v) is 3.03. The van der Waals surface area contributed by atoms with Crippen molar-refractivity contribution in [1.29, 1.82) is 0 Å². The third kappa shape index (κ3) is 4.73. The van der Waals surface area contributed by atoms with E-state index in [4.69, 9.17) is 10.5 Å². The van der Waals surface area contributed by atoms with Gasteiger partial charge in [-0.3, -0.25) is 4.79 Å². The number of carbonyl (C=O) groups excluding carboxylic acids is 1. The number of nitrogens with zero attached hydrogens (tertiary/aromatic N) is 3. The number of hydrogen-bond donors (Lipinski definition) is 1. The largest absolute Gasteiger partial charge is 0.416 e. The molecule has 1 atom stereocenters. The zero-order chi connectivity index (χ0) is 19.6. The maximum atomic E-state index is 12.9. The molecule has 0 radical (unpaired) electrons. The van der Waals surface area contributed by atoms with E-state index < -0.39 is 17.8 Å². The van der Waals surface area contributed by atoms with Crippen LogP contribution in [0, 0.1) is 6.92 Å². The van der Waals surface area contributed by atoms with Crippen LogP contribution < -0.4 is 5.73 Å². The normalized spacial score (nSPS) is 17.8. The molecular weight excluding hydrogens is 361 g/mol. The van der Waals surface area contributed by atoms with Gasteiger partial charge in [0.15, 0.2) is 0 Å². The number of nitrogens with two attached hydrogens (primary N) is 1. The van der Waals surface area contributed by atoms with Crippen LogP contribution in [0.3, 0.4) is 0 Å². The van der Waals surface area contributed by atoms with Gasteiger partial charge in [0.1, 0.15) is 5.69 Å². The van der Waals surface area contributed by atoms with Gasteiger partial charge in [-0.2, -0.15) is 13.2 Å². The average molecular weight is 380 g/mol. The van der Waals surface area contributed by atoms with Crippen LogP contribution in [0.25, 0.3) is 0 Å². The monoisotopic (exact) mass is 380 g/mol. The molecule has 144 valence electrons. The summed E-state index contributed by atoms with van der Waals surface area (Å²) in [5.41, 5.74) is 6.18. The Balaban J connectivity index is 1.70. The van der Waals surface area contributed by atoms with Gasteiger partial charge in [0, 0.05) is 25.2 Å². The van der Waals surface area contributed by atoms with Crippen molar-refractivity contribution in [3.63, 3.8) is 0 Å². The summed E-state index contributed by atoms with van der Waals surface area (Å²) in [6, 6.07) is 6.68. The van der Waals surface area contributed by atoms with E-state index in [1.165, 1.54) is 6.07 Å². The molecule has 27 heavy (non-hydrogen) atoms. The van der Waals surface area contributed by atoms with Crippen LogP contribution in [-0.4, -0.2) is 46.6 Å². The molecule has 6 nitrogen and oxygen atoms in total. The Hall–Kier alpha value is -2.68. The molecule has 0 spiro atoms. The van der Waals surface area contributed by atoms with Gasteiger partial charge < -0.3 is 15.4 Å². The van der Waals surface area contributed by atoms with E-state index in [-0.39, 0.29) is 30.5 Å². The summed E-state index contributed by atoms with van der Waals surface area (Å²) in [5, 5.41) is 0. The molecule has 3 rings (SSSR count). The van der Waals surface area contributed by atoms with Gasteiger partial charge >= 0.3 is 6.18 Å². The van der Waals surface area contributed by atoms with Crippen molar-refractivity contribution in [3.8, 4) is 0 Å². The maximum absolute atomic E-state index is 12.9. The molecule has 0 saturated carbocycles. The number of carbonyl (C=O) groups is 1. The number of aromatic nitrogens is 2. The molecule has 9 heteroatoms. The molecule has 0 bridgehead atoms. The van der Waals surface area contributed by atoms with Gasteiger partial charge in [0.05, 0.1) is 18.3 Å². The van der Waals surface area contributed by atoms with E-state index in [1.807, 2.05) is 0 Å². The molecule has 2 N–H and O–H groups in total. The zero-order valence-corrected chi connectivity index (χ0v) is 14.7. The Labute approximate surface area is 154 Å².